The molecule has 0 aliphatic carbocycles. The molecule has 1 aromatic heterocycles. The van der Waals surface area contributed by atoms with Gasteiger partial charge in [0, 0.05) is 10.9 Å². The van der Waals surface area contributed by atoms with E-state index in [4.69, 9.17) is 5.26 Å². The molecule has 0 atom stereocenters. The molecule has 0 unspecified atom stereocenters. The minimum atomic E-state index is -2.64. The van der Waals surface area contributed by atoms with Crippen LogP contribution in [0.1, 0.15) is 23.2 Å². The first-order valence-corrected chi connectivity index (χ1v) is 5.73. The molecule has 0 N–H and O–H groups in total. The lowest BCUT2D eigenvalue weighted by atomic mass is 10.1. The first-order chi connectivity index (χ1) is 6.60. The van der Waals surface area contributed by atoms with Crippen LogP contribution in [0.2, 0.25) is 0 Å². The number of pyridine rings is 1. The van der Waals surface area contributed by atoms with Crippen LogP contribution in [0.3, 0.4) is 0 Å². The number of alkyl halides is 3. The summed E-state index contributed by atoms with van der Waals surface area (Å²) in [6, 6.07) is 2.98. The Morgan fingerprint density at radius 1 is 1.64 bits per heavy atom. The number of hydrogen-bond donors (Lipinski definition) is 0. The molecule has 0 aliphatic rings. The molecular weight excluding hydrogens is 369 g/mol. The molecule has 2 nitrogen and oxygen atoms in total. The molecular formula is C8H4BrF2IN2. The zero-order valence-electron chi connectivity index (χ0n) is 6.77. The lowest BCUT2D eigenvalue weighted by molar-refractivity contribution is 0.150. The summed E-state index contributed by atoms with van der Waals surface area (Å²) >= 11 is 4.95. The Labute approximate surface area is 102 Å². The molecule has 0 fully saturated rings. The minimum absolute atomic E-state index is 0.0303. The largest absolute Gasteiger partial charge is 0.265 e. The van der Waals surface area contributed by atoms with Crippen molar-refractivity contribution in [2.24, 2.45) is 0 Å². The van der Waals surface area contributed by atoms with E-state index in [-0.39, 0.29) is 11.1 Å². The minimum Gasteiger partial charge on any atom is -0.245 e. The summed E-state index contributed by atoms with van der Waals surface area (Å²) in [6.07, 6.45) is -2.64. The highest BCUT2D eigenvalue weighted by Crippen LogP contribution is 2.26. The standard InChI is InChI=1S/C8H4BrF2IN2/c9-2-6-5(3-13)4(8(10)11)1-7(12)14-6/h1,8H,2H2. The van der Waals surface area contributed by atoms with Gasteiger partial charge in [0.15, 0.2) is 0 Å². The Balaban J connectivity index is 3.41. The van der Waals surface area contributed by atoms with Crippen LogP contribution in [0.25, 0.3) is 0 Å². The fraction of sp³-hybridized carbons (Fsp3) is 0.250. The van der Waals surface area contributed by atoms with Gasteiger partial charge in [-0.15, -0.1) is 0 Å². The summed E-state index contributed by atoms with van der Waals surface area (Å²) in [5, 5.41) is 9.02. The molecule has 0 saturated heterocycles. The first kappa shape index (κ1) is 11.8. The van der Waals surface area contributed by atoms with Crippen molar-refractivity contribution in [1.82, 2.24) is 4.98 Å². The second-order valence-electron chi connectivity index (χ2n) is 2.40. The van der Waals surface area contributed by atoms with Crippen LogP contribution in [0.5, 0.6) is 0 Å². The third-order valence-corrected chi connectivity index (χ3v) is 2.65. The van der Waals surface area contributed by atoms with Gasteiger partial charge in [0.25, 0.3) is 6.43 Å². The molecule has 1 heterocycles. The Hall–Kier alpha value is -0.290. The van der Waals surface area contributed by atoms with Gasteiger partial charge in [-0.25, -0.2) is 13.8 Å². The lowest BCUT2D eigenvalue weighted by Gasteiger charge is -2.06. The third-order valence-electron chi connectivity index (χ3n) is 1.57. The number of rotatable bonds is 2. The predicted octanol–water partition coefficient (Wildman–Crippen LogP) is 3.39. The van der Waals surface area contributed by atoms with E-state index in [0.717, 1.165) is 0 Å². The van der Waals surface area contributed by atoms with Crippen molar-refractivity contribution in [3.8, 4) is 6.07 Å². The summed E-state index contributed by atoms with van der Waals surface area (Å²) in [5.74, 6) is 0. The fourth-order valence-corrected chi connectivity index (χ4v) is 2.01. The molecule has 0 aliphatic heterocycles. The van der Waals surface area contributed by atoms with E-state index in [1.54, 1.807) is 6.07 Å². The molecule has 6 heteroatoms. The number of nitrogens with zero attached hydrogens (tertiary/aromatic N) is 2. The van der Waals surface area contributed by atoms with E-state index in [9.17, 15) is 8.78 Å². The van der Waals surface area contributed by atoms with Gasteiger partial charge in [0.05, 0.1) is 11.3 Å². The lowest BCUT2D eigenvalue weighted by Crippen LogP contribution is -2.00. The average molecular weight is 373 g/mol. The third kappa shape index (κ3) is 2.39. The zero-order chi connectivity index (χ0) is 10.7. The number of aromatic nitrogens is 1. The quantitative estimate of drug-likeness (QED) is 0.453. The van der Waals surface area contributed by atoms with E-state index in [1.165, 1.54) is 6.07 Å². The number of nitriles is 1. The maximum atomic E-state index is 12.5. The van der Waals surface area contributed by atoms with Gasteiger partial charge < -0.3 is 0 Å². The Morgan fingerprint density at radius 3 is 2.71 bits per heavy atom. The molecule has 0 spiro atoms. The van der Waals surface area contributed by atoms with Crippen molar-refractivity contribution < 1.29 is 8.78 Å². The van der Waals surface area contributed by atoms with Crippen LogP contribution in [-0.2, 0) is 5.33 Å². The van der Waals surface area contributed by atoms with Crippen LogP contribution >= 0.6 is 38.5 Å². The van der Waals surface area contributed by atoms with Crippen LogP contribution in [-0.4, -0.2) is 4.98 Å². The molecule has 1 rings (SSSR count). The highest BCUT2D eigenvalue weighted by atomic mass is 127. The van der Waals surface area contributed by atoms with Gasteiger partial charge in [0.2, 0.25) is 0 Å². The van der Waals surface area contributed by atoms with E-state index in [1.807, 2.05) is 22.6 Å². The van der Waals surface area contributed by atoms with Gasteiger partial charge in [-0.2, -0.15) is 5.26 Å². The normalized spacial score (nSPS) is 10.3. The topological polar surface area (TPSA) is 36.7 Å². The van der Waals surface area contributed by atoms with Crippen molar-refractivity contribution in [3.05, 3.63) is 26.6 Å². The van der Waals surface area contributed by atoms with Crippen molar-refractivity contribution in [1.29, 1.82) is 5.26 Å². The van der Waals surface area contributed by atoms with Crippen LogP contribution in [0, 0.1) is 15.0 Å². The van der Waals surface area contributed by atoms with Crippen LogP contribution < -0.4 is 0 Å². The van der Waals surface area contributed by atoms with Gasteiger partial charge >= 0.3 is 0 Å². The molecule has 1 aromatic rings. The highest BCUT2D eigenvalue weighted by molar-refractivity contribution is 14.1. The fourth-order valence-electron chi connectivity index (χ4n) is 0.982. The second kappa shape index (κ2) is 4.98. The Morgan fingerprint density at radius 2 is 2.29 bits per heavy atom. The van der Waals surface area contributed by atoms with Crippen molar-refractivity contribution in [3.63, 3.8) is 0 Å². The summed E-state index contributed by atoms with van der Waals surface area (Å²) in [7, 11) is 0. The summed E-state index contributed by atoms with van der Waals surface area (Å²) in [4.78, 5) is 3.99. The van der Waals surface area contributed by atoms with Crippen molar-refractivity contribution in [2.75, 3.05) is 0 Å². The van der Waals surface area contributed by atoms with Crippen molar-refractivity contribution >= 4 is 38.5 Å². The van der Waals surface area contributed by atoms with Crippen LogP contribution in [0.4, 0.5) is 8.78 Å². The zero-order valence-corrected chi connectivity index (χ0v) is 10.5. The number of halogens is 4. The maximum Gasteiger partial charge on any atom is 0.265 e. The molecule has 0 saturated carbocycles. The molecule has 74 valence electrons. The van der Waals surface area contributed by atoms with E-state index in [0.29, 0.717) is 14.7 Å². The molecule has 0 aromatic carbocycles. The maximum absolute atomic E-state index is 12.5. The average Bonchev–Trinajstić information content (AvgIpc) is 2.16. The summed E-state index contributed by atoms with van der Waals surface area (Å²) in [6.45, 7) is 0. The van der Waals surface area contributed by atoms with E-state index < -0.39 is 6.43 Å². The van der Waals surface area contributed by atoms with Gasteiger partial charge in [-0.05, 0) is 28.7 Å². The highest BCUT2D eigenvalue weighted by Gasteiger charge is 2.17. The summed E-state index contributed by atoms with van der Waals surface area (Å²) < 4.78 is 25.5. The Bertz CT molecular complexity index is 390. The SMILES string of the molecule is N#Cc1c(C(F)F)cc(I)nc1CBr. The number of hydrogen-bond acceptors (Lipinski definition) is 2. The van der Waals surface area contributed by atoms with Crippen molar-refractivity contribution in [2.45, 2.75) is 11.8 Å². The Kier molecular flexibility index (Phi) is 4.19. The monoisotopic (exact) mass is 372 g/mol. The van der Waals surface area contributed by atoms with Gasteiger partial charge in [0.1, 0.15) is 9.77 Å². The van der Waals surface area contributed by atoms with Gasteiger partial charge in [-0.3, -0.25) is 0 Å². The second-order valence-corrected chi connectivity index (χ2v) is 4.07. The van der Waals surface area contributed by atoms with Gasteiger partial charge in [-0.1, -0.05) is 15.9 Å². The predicted molar refractivity (Wildman–Crippen MR) is 59.3 cm³/mol. The first-order valence-electron chi connectivity index (χ1n) is 3.53. The molecule has 0 radical (unpaired) electrons. The molecule has 0 bridgehead atoms. The van der Waals surface area contributed by atoms with Crippen LogP contribution in [0.15, 0.2) is 6.07 Å². The molecule has 0 amide bonds. The molecule has 14 heavy (non-hydrogen) atoms. The van der Waals surface area contributed by atoms with E-state index in [2.05, 4.69) is 20.9 Å². The van der Waals surface area contributed by atoms with E-state index >= 15 is 0 Å². The summed E-state index contributed by atoms with van der Waals surface area (Å²) in [5.41, 5.74) is 0.0772. The smallest absolute Gasteiger partial charge is 0.245 e.